The first-order chi connectivity index (χ1) is 10.9. The van der Waals surface area contributed by atoms with Crippen LogP contribution < -0.4 is 10.6 Å². The highest BCUT2D eigenvalue weighted by Crippen LogP contribution is 2.10. The molecule has 0 aliphatic rings. The highest BCUT2D eigenvalue weighted by molar-refractivity contribution is 5.94. The summed E-state index contributed by atoms with van der Waals surface area (Å²) in [6.45, 7) is 1.06. The van der Waals surface area contributed by atoms with Gasteiger partial charge in [0.15, 0.2) is 6.61 Å². The fourth-order valence-electron chi connectivity index (χ4n) is 1.56. The molecule has 8 heteroatoms. The average molecular weight is 322 g/mol. The van der Waals surface area contributed by atoms with E-state index in [1.54, 1.807) is 0 Å². The highest BCUT2D eigenvalue weighted by atomic mass is 16.5. The van der Waals surface area contributed by atoms with Crippen LogP contribution in [0.25, 0.3) is 0 Å². The van der Waals surface area contributed by atoms with Crippen molar-refractivity contribution in [2.45, 2.75) is 13.3 Å². The molecule has 0 bridgehead atoms. The number of rotatable bonds is 7. The summed E-state index contributed by atoms with van der Waals surface area (Å²) in [6, 6.07) is 6.06. The second kappa shape index (κ2) is 9.19. The zero-order chi connectivity index (χ0) is 17.2. The molecule has 1 aromatic carbocycles. The van der Waals surface area contributed by atoms with E-state index in [1.165, 1.54) is 38.3 Å². The monoisotopic (exact) mass is 322 g/mol. The number of carbonyl (C=O) groups is 4. The molecule has 0 radical (unpaired) electrons. The standard InChI is InChI=1S/C15H18N2O6/c1-10(18)16-8-7-14(20)23-9-13(19)17-12-5-3-11(4-6-12)15(21)22-2/h3-6H,7-9H2,1-2H3,(H,16,18)(H,17,19). The summed E-state index contributed by atoms with van der Waals surface area (Å²) in [5.74, 6) is -1.82. The number of benzene rings is 1. The maximum absolute atomic E-state index is 11.6. The van der Waals surface area contributed by atoms with Crippen LogP contribution in [0.3, 0.4) is 0 Å². The first-order valence-electron chi connectivity index (χ1n) is 6.80. The number of amides is 2. The van der Waals surface area contributed by atoms with Crippen molar-refractivity contribution < 1.29 is 28.7 Å². The van der Waals surface area contributed by atoms with Crippen LogP contribution >= 0.6 is 0 Å². The molecule has 1 aromatic rings. The molecule has 0 unspecified atom stereocenters. The van der Waals surface area contributed by atoms with Crippen molar-refractivity contribution in [1.29, 1.82) is 0 Å². The van der Waals surface area contributed by atoms with Gasteiger partial charge in [0.05, 0.1) is 19.1 Å². The minimum absolute atomic E-state index is 0.0132. The summed E-state index contributed by atoms with van der Waals surface area (Å²) in [5.41, 5.74) is 0.812. The van der Waals surface area contributed by atoms with E-state index in [4.69, 9.17) is 4.74 Å². The van der Waals surface area contributed by atoms with Crippen LogP contribution in [0.1, 0.15) is 23.7 Å². The molecule has 124 valence electrons. The smallest absolute Gasteiger partial charge is 0.337 e. The summed E-state index contributed by atoms with van der Waals surface area (Å²) in [6.07, 6.45) is -0.0132. The summed E-state index contributed by atoms with van der Waals surface area (Å²) in [7, 11) is 1.28. The Kier molecular flexibility index (Phi) is 7.25. The van der Waals surface area contributed by atoms with Crippen molar-refractivity contribution in [3.05, 3.63) is 29.8 Å². The van der Waals surface area contributed by atoms with Crippen molar-refractivity contribution in [3.8, 4) is 0 Å². The molecule has 1 rings (SSSR count). The first-order valence-corrected chi connectivity index (χ1v) is 6.80. The van der Waals surface area contributed by atoms with Crippen molar-refractivity contribution in [2.75, 3.05) is 25.6 Å². The van der Waals surface area contributed by atoms with Gasteiger partial charge in [-0.2, -0.15) is 0 Å². The zero-order valence-corrected chi connectivity index (χ0v) is 12.9. The minimum atomic E-state index is -0.588. The van der Waals surface area contributed by atoms with E-state index in [-0.39, 0.29) is 18.9 Å². The molecule has 0 aliphatic carbocycles. The zero-order valence-electron chi connectivity index (χ0n) is 12.9. The molecular weight excluding hydrogens is 304 g/mol. The Bertz CT molecular complexity index is 582. The Morgan fingerprint density at radius 2 is 1.74 bits per heavy atom. The Hall–Kier alpha value is -2.90. The Labute approximate surface area is 133 Å². The van der Waals surface area contributed by atoms with Crippen LogP contribution in [0, 0.1) is 0 Å². The number of hydrogen-bond donors (Lipinski definition) is 2. The van der Waals surface area contributed by atoms with E-state index in [1.807, 2.05) is 0 Å². The lowest BCUT2D eigenvalue weighted by Crippen LogP contribution is -2.25. The minimum Gasteiger partial charge on any atom is -0.465 e. The number of carbonyl (C=O) groups excluding carboxylic acids is 4. The van der Waals surface area contributed by atoms with Gasteiger partial charge in [0, 0.05) is 19.2 Å². The van der Waals surface area contributed by atoms with Crippen molar-refractivity contribution >= 4 is 29.4 Å². The van der Waals surface area contributed by atoms with Gasteiger partial charge in [-0.05, 0) is 24.3 Å². The second-order valence-electron chi connectivity index (χ2n) is 4.51. The highest BCUT2D eigenvalue weighted by Gasteiger charge is 2.09. The lowest BCUT2D eigenvalue weighted by Gasteiger charge is -2.07. The molecule has 0 atom stereocenters. The predicted molar refractivity (Wildman–Crippen MR) is 80.7 cm³/mol. The van der Waals surface area contributed by atoms with Gasteiger partial charge in [-0.1, -0.05) is 0 Å². The van der Waals surface area contributed by atoms with E-state index >= 15 is 0 Å². The number of nitrogens with one attached hydrogen (secondary N) is 2. The third-order valence-corrected chi connectivity index (χ3v) is 2.66. The quantitative estimate of drug-likeness (QED) is 0.706. The lowest BCUT2D eigenvalue weighted by atomic mass is 10.2. The van der Waals surface area contributed by atoms with E-state index in [9.17, 15) is 19.2 Å². The van der Waals surface area contributed by atoms with Gasteiger partial charge in [0.1, 0.15) is 0 Å². The van der Waals surface area contributed by atoms with Gasteiger partial charge in [-0.15, -0.1) is 0 Å². The number of anilines is 1. The van der Waals surface area contributed by atoms with Gasteiger partial charge < -0.3 is 20.1 Å². The lowest BCUT2D eigenvalue weighted by molar-refractivity contribution is -0.147. The summed E-state index contributed by atoms with van der Waals surface area (Å²) in [4.78, 5) is 44.8. The van der Waals surface area contributed by atoms with Gasteiger partial charge in [-0.25, -0.2) is 4.79 Å². The van der Waals surface area contributed by atoms with Gasteiger partial charge in [0.2, 0.25) is 5.91 Å². The van der Waals surface area contributed by atoms with Crippen LogP contribution in [0.2, 0.25) is 0 Å². The van der Waals surface area contributed by atoms with E-state index < -0.39 is 24.5 Å². The third-order valence-electron chi connectivity index (χ3n) is 2.66. The van der Waals surface area contributed by atoms with E-state index in [0.29, 0.717) is 11.3 Å². The Morgan fingerprint density at radius 1 is 1.09 bits per heavy atom. The molecule has 23 heavy (non-hydrogen) atoms. The maximum Gasteiger partial charge on any atom is 0.337 e. The number of ether oxygens (including phenoxy) is 2. The normalized spacial score (nSPS) is 9.65. The van der Waals surface area contributed by atoms with Crippen LogP contribution in [0.15, 0.2) is 24.3 Å². The second-order valence-corrected chi connectivity index (χ2v) is 4.51. The number of esters is 2. The first kappa shape index (κ1) is 18.1. The largest absolute Gasteiger partial charge is 0.465 e. The summed E-state index contributed by atoms with van der Waals surface area (Å²) >= 11 is 0. The average Bonchev–Trinajstić information content (AvgIpc) is 2.52. The molecule has 2 amide bonds. The SMILES string of the molecule is COC(=O)c1ccc(NC(=O)COC(=O)CCNC(C)=O)cc1. The Balaban J connectivity index is 2.34. The molecule has 0 saturated heterocycles. The molecule has 2 N–H and O–H groups in total. The predicted octanol–water partition coefficient (Wildman–Crippen LogP) is 0.481. The van der Waals surface area contributed by atoms with Crippen LogP contribution in [0.4, 0.5) is 5.69 Å². The van der Waals surface area contributed by atoms with E-state index in [0.717, 1.165) is 0 Å². The molecule has 0 heterocycles. The molecule has 0 aliphatic heterocycles. The topological polar surface area (TPSA) is 111 Å². The molecule has 0 aromatic heterocycles. The van der Waals surface area contributed by atoms with Crippen molar-refractivity contribution in [3.63, 3.8) is 0 Å². The molecule has 0 saturated carbocycles. The summed E-state index contributed by atoms with van der Waals surface area (Å²) < 4.78 is 9.32. The number of hydrogen-bond acceptors (Lipinski definition) is 6. The Morgan fingerprint density at radius 3 is 2.30 bits per heavy atom. The fourth-order valence-corrected chi connectivity index (χ4v) is 1.56. The third kappa shape index (κ3) is 7.07. The molecule has 0 spiro atoms. The van der Waals surface area contributed by atoms with Crippen molar-refractivity contribution in [1.82, 2.24) is 5.32 Å². The van der Waals surface area contributed by atoms with Crippen LogP contribution in [-0.2, 0) is 23.9 Å². The molecule has 0 fully saturated rings. The van der Waals surface area contributed by atoms with Crippen molar-refractivity contribution in [2.24, 2.45) is 0 Å². The summed E-state index contributed by atoms with van der Waals surface area (Å²) in [5, 5.41) is 4.96. The van der Waals surface area contributed by atoms with Gasteiger partial charge in [0.25, 0.3) is 5.91 Å². The van der Waals surface area contributed by atoms with Gasteiger partial charge in [-0.3, -0.25) is 14.4 Å². The fraction of sp³-hybridized carbons (Fsp3) is 0.333. The van der Waals surface area contributed by atoms with Crippen LogP contribution in [0.5, 0.6) is 0 Å². The van der Waals surface area contributed by atoms with E-state index in [2.05, 4.69) is 15.4 Å². The number of methoxy groups -OCH3 is 1. The van der Waals surface area contributed by atoms with Crippen LogP contribution in [-0.4, -0.2) is 44.0 Å². The molecule has 8 nitrogen and oxygen atoms in total. The molecular formula is C15H18N2O6. The maximum atomic E-state index is 11.6. The van der Waals surface area contributed by atoms with Gasteiger partial charge >= 0.3 is 11.9 Å².